The normalized spacial score (nSPS) is 11.7. The van der Waals surface area contributed by atoms with Crippen molar-refractivity contribution < 1.29 is 9.53 Å². The van der Waals surface area contributed by atoms with Crippen molar-refractivity contribution in [1.82, 2.24) is 4.57 Å². The van der Waals surface area contributed by atoms with Crippen molar-refractivity contribution in [3.8, 4) is 0 Å². The highest BCUT2D eigenvalue weighted by Crippen LogP contribution is 2.27. The lowest BCUT2D eigenvalue weighted by molar-refractivity contribution is -0.137. The minimum absolute atomic E-state index is 0.321. The van der Waals surface area contributed by atoms with Gasteiger partial charge >= 0.3 is 5.97 Å². The average molecular weight is 305 g/mol. The Bertz CT molecular complexity index is 860. The molecule has 116 valence electrons. The molecule has 0 N–H and O–H groups in total. The molecular formula is C20H19NO2. The quantitative estimate of drug-likeness (QED) is 0.535. The highest BCUT2D eigenvalue weighted by molar-refractivity contribution is 5.97. The van der Waals surface area contributed by atoms with Gasteiger partial charge in [0.25, 0.3) is 0 Å². The third kappa shape index (κ3) is 3.19. The fourth-order valence-electron chi connectivity index (χ4n) is 2.68. The molecule has 0 unspecified atom stereocenters. The number of aryl methyl sites for hydroxylation is 1. The third-order valence-corrected chi connectivity index (χ3v) is 3.83. The van der Waals surface area contributed by atoms with E-state index in [1.54, 1.807) is 6.08 Å². The molecule has 0 fully saturated rings. The monoisotopic (exact) mass is 305 g/mol. The first-order chi connectivity index (χ1) is 11.2. The van der Waals surface area contributed by atoms with Crippen LogP contribution >= 0.6 is 0 Å². The number of fused-ring (bicyclic) bond motifs is 1. The van der Waals surface area contributed by atoms with Gasteiger partial charge in [-0.15, -0.1) is 0 Å². The molecule has 0 bridgehead atoms. The summed E-state index contributed by atoms with van der Waals surface area (Å²) in [6, 6.07) is 18.2. The van der Waals surface area contributed by atoms with E-state index >= 15 is 0 Å². The summed E-state index contributed by atoms with van der Waals surface area (Å²) in [5.41, 5.74) is 3.99. The van der Waals surface area contributed by atoms with Crippen LogP contribution in [0.3, 0.4) is 0 Å². The molecule has 3 nitrogen and oxygen atoms in total. The largest absolute Gasteiger partial charge is 0.463 e. The zero-order chi connectivity index (χ0) is 16.2. The van der Waals surface area contributed by atoms with Crippen LogP contribution in [0.15, 0.2) is 66.9 Å². The van der Waals surface area contributed by atoms with Crippen molar-refractivity contribution in [2.24, 2.45) is 7.05 Å². The first kappa shape index (κ1) is 15.1. The fourth-order valence-corrected chi connectivity index (χ4v) is 2.68. The second kappa shape index (κ2) is 6.53. The van der Waals surface area contributed by atoms with Crippen LogP contribution in [0.4, 0.5) is 0 Å². The number of carbonyl (C=O) groups excluding carboxylic acids is 1. The fraction of sp³-hybridized carbons (Fsp3) is 0.150. The van der Waals surface area contributed by atoms with E-state index in [1.165, 1.54) is 5.39 Å². The van der Waals surface area contributed by atoms with Gasteiger partial charge in [-0.1, -0.05) is 42.5 Å². The Kier molecular flexibility index (Phi) is 4.29. The number of ether oxygens (including phenoxy) is 1. The number of hydrogen-bond donors (Lipinski definition) is 0. The smallest absolute Gasteiger partial charge is 0.331 e. The van der Waals surface area contributed by atoms with Gasteiger partial charge in [0, 0.05) is 24.8 Å². The lowest BCUT2D eigenvalue weighted by Crippen LogP contribution is -2.02. The van der Waals surface area contributed by atoms with E-state index in [-0.39, 0.29) is 5.97 Å². The van der Waals surface area contributed by atoms with Gasteiger partial charge in [0.15, 0.2) is 0 Å². The second-order valence-corrected chi connectivity index (χ2v) is 5.38. The molecule has 0 saturated heterocycles. The molecule has 0 amide bonds. The van der Waals surface area contributed by atoms with E-state index in [4.69, 9.17) is 4.74 Å². The Morgan fingerprint density at radius 1 is 1.09 bits per heavy atom. The molecule has 3 heteroatoms. The molecular weight excluding hydrogens is 286 g/mol. The van der Waals surface area contributed by atoms with Crippen LogP contribution in [-0.2, 0) is 16.6 Å². The molecule has 0 aliphatic carbocycles. The maximum atomic E-state index is 12.0. The van der Waals surface area contributed by atoms with E-state index < -0.39 is 0 Å². The summed E-state index contributed by atoms with van der Waals surface area (Å²) in [5.74, 6) is -0.321. The van der Waals surface area contributed by atoms with Crippen LogP contribution in [0.1, 0.15) is 18.1 Å². The molecule has 1 aromatic heterocycles. The molecule has 2 aromatic carbocycles. The summed E-state index contributed by atoms with van der Waals surface area (Å²) in [6.07, 6.45) is 3.61. The van der Waals surface area contributed by atoms with Crippen LogP contribution < -0.4 is 0 Å². The van der Waals surface area contributed by atoms with Crippen molar-refractivity contribution in [2.75, 3.05) is 6.61 Å². The standard InChI is InChI=1S/C20H19NO2/c1-3-23-20(22)14-18(15-7-5-4-6-8-15)17-10-9-16-11-12-21(2)19(16)13-17/h4-14H,3H2,1-2H3. The van der Waals surface area contributed by atoms with Gasteiger partial charge in [0.05, 0.1) is 6.61 Å². The van der Waals surface area contributed by atoms with Gasteiger partial charge in [-0.25, -0.2) is 4.79 Å². The summed E-state index contributed by atoms with van der Waals surface area (Å²) in [7, 11) is 2.02. The number of esters is 1. The number of nitrogens with zero attached hydrogens (tertiary/aromatic N) is 1. The first-order valence-corrected chi connectivity index (χ1v) is 7.68. The predicted molar refractivity (Wildman–Crippen MR) is 93.1 cm³/mol. The Morgan fingerprint density at radius 2 is 1.87 bits per heavy atom. The molecule has 0 aliphatic heterocycles. The minimum Gasteiger partial charge on any atom is -0.463 e. The lowest BCUT2D eigenvalue weighted by atomic mass is 9.97. The predicted octanol–water partition coefficient (Wildman–Crippen LogP) is 4.17. The topological polar surface area (TPSA) is 31.2 Å². The van der Waals surface area contributed by atoms with Gasteiger partial charge < -0.3 is 9.30 Å². The number of aromatic nitrogens is 1. The van der Waals surface area contributed by atoms with Crippen molar-refractivity contribution in [2.45, 2.75) is 6.92 Å². The van der Waals surface area contributed by atoms with Crippen LogP contribution in [0.2, 0.25) is 0 Å². The van der Waals surface area contributed by atoms with E-state index in [0.29, 0.717) is 6.61 Å². The summed E-state index contributed by atoms with van der Waals surface area (Å²) in [5, 5.41) is 1.18. The average Bonchev–Trinajstić information content (AvgIpc) is 2.94. The van der Waals surface area contributed by atoms with Gasteiger partial charge in [-0.3, -0.25) is 0 Å². The van der Waals surface area contributed by atoms with Crippen molar-refractivity contribution in [3.63, 3.8) is 0 Å². The molecule has 1 heterocycles. The molecule has 23 heavy (non-hydrogen) atoms. The van der Waals surface area contributed by atoms with Crippen LogP contribution in [0, 0.1) is 0 Å². The van der Waals surface area contributed by atoms with E-state index in [1.807, 2.05) is 56.6 Å². The second-order valence-electron chi connectivity index (χ2n) is 5.38. The first-order valence-electron chi connectivity index (χ1n) is 7.68. The van der Waals surface area contributed by atoms with Gasteiger partial charge in [0.2, 0.25) is 0 Å². The van der Waals surface area contributed by atoms with E-state index in [0.717, 1.165) is 22.2 Å². The van der Waals surface area contributed by atoms with Crippen LogP contribution in [-0.4, -0.2) is 17.1 Å². The third-order valence-electron chi connectivity index (χ3n) is 3.83. The summed E-state index contributed by atoms with van der Waals surface area (Å²) in [6.45, 7) is 2.18. The number of hydrogen-bond acceptors (Lipinski definition) is 2. The highest BCUT2D eigenvalue weighted by Gasteiger charge is 2.10. The number of rotatable bonds is 4. The highest BCUT2D eigenvalue weighted by atomic mass is 16.5. The van der Waals surface area contributed by atoms with Crippen LogP contribution in [0.5, 0.6) is 0 Å². The number of benzene rings is 2. The van der Waals surface area contributed by atoms with Crippen molar-refractivity contribution in [3.05, 3.63) is 78.0 Å². The minimum atomic E-state index is -0.321. The lowest BCUT2D eigenvalue weighted by Gasteiger charge is -2.09. The molecule has 0 atom stereocenters. The van der Waals surface area contributed by atoms with Gasteiger partial charge in [-0.05, 0) is 41.1 Å². The molecule has 0 spiro atoms. The van der Waals surface area contributed by atoms with Crippen molar-refractivity contribution >= 4 is 22.4 Å². The Labute approximate surface area is 135 Å². The maximum absolute atomic E-state index is 12.0. The molecule has 3 rings (SSSR count). The summed E-state index contributed by atoms with van der Waals surface area (Å²) < 4.78 is 7.17. The van der Waals surface area contributed by atoms with Crippen LogP contribution in [0.25, 0.3) is 16.5 Å². The molecule has 0 radical (unpaired) electrons. The Hall–Kier alpha value is -2.81. The van der Waals surface area contributed by atoms with E-state index in [9.17, 15) is 4.79 Å². The van der Waals surface area contributed by atoms with Gasteiger partial charge in [0.1, 0.15) is 0 Å². The summed E-state index contributed by atoms with van der Waals surface area (Å²) in [4.78, 5) is 12.0. The maximum Gasteiger partial charge on any atom is 0.331 e. The SMILES string of the molecule is CCOC(=O)C=C(c1ccccc1)c1ccc2ccn(C)c2c1. The molecule has 0 aliphatic rings. The van der Waals surface area contributed by atoms with Crippen molar-refractivity contribution in [1.29, 1.82) is 0 Å². The Balaban J connectivity index is 2.13. The van der Waals surface area contributed by atoms with Gasteiger partial charge in [-0.2, -0.15) is 0 Å². The zero-order valence-corrected chi connectivity index (χ0v) is 13.3. The molecule has 0 saturated carbocycles. The van der Waals surface area contributed by atoms with E-state index in [2.05, 4.69) is 22.8 Å². The Morgan fingerprint density at radius 3 is 2.61 bits per heavy atom. The zero-order valence-electron chi connectivity index (χ0n) is 13.3. The number of carbonyl (C=O) groups is 1. The molecule has 3 aromatic rings. The summed E-state index contributed by atoms with van der Waals surface area (Å²) >= 11 is 0.